The Bertz CT molecular complexity index is 742. The van der Waals surface area contributed by atoms with Crippen LogP contribution in [0, 0.1) is 20.8 Å². The standard InChI is InChI=1S/C19H23N3O2/c1-12-9-14(3)17(10-13(12)2)15(4)22-19(24)18(23)21-11-16-7-5-6-8-20-16/h5-10,15H,11H2,1-4H3,(H,21,23)(H,22,24)/t15-/m0/s1. The molecule has 0 radical (unpaired) electrons. The zero-order chi connectivity index (χ0) is 17.7. The van der Waals surface area contributed by atoms with Crippen LogP contribution in [0.15, 0.2) is 36.5 Å². The molecule has 2 rings (SSSR count). The van der Waals surface area contributed by atoms with Gasteiger partial charge >= 0.3 is 11.8 Å². The highest BCUT2D eigenvalue weighted by molar-refractivity contribution is 6.35. The Morgan fingerprint density at radius 2 is 1.75 bits per heavy atom. The molecular weight excluding hydrogens is 302 g/mol. The van der Waals surface area contributed by atoms with Crippen LogP contribution in [-0.2, 0) is 16.1 Å². The molecule has 0 aliphatic rings. The van der Waals surface area contributed by atoms with Crippen LogP contribution in [0.25, 0.3) is 0 Å². The number of aromatic nitrogens is 1. The Morgan fingerprint density at radius 1 is 1.04 bits per heavy atom. The minimum absolute atomic E-state index is 0.226. The Kier molecular flexibility index (Phi) is 5.68. The molecule has 0 unspecified atom stereocenters. The van der Waals surface area contributed by atoms with Crippen molar-refractivity contribution in [3.05, 3.63) is 64.5 Å². The number of pyridine rings is 1. The van der Waals surface area contributed by atoms with Crippen molar-refractivity contribution in [2.45, 2.75) is 40.3 Å². The lowest BCUT2D eigenvalue weighted by atomic mass is 9.96. The summed E-state index contributed by atoms with van der Waals surface area (Å²) in [5.41, 5.74) is 5.19. The summed E-state index contributed by atoms with van der Waals surface area (Å²) in [5, 5.41) is 5.33. The highest BCUT2D eigenvalue weighted by Gasteiger charge is 2.18. The molecule has 2 amide bonds. The highest BCUT2D eigenvalue weighted by atomic mass is 16.2. The van der Waals surface area contributed by atoms with Gasteiger partial charge in [0.05, 0.1) is 18.3 Å². The van der Waals surface area contributed by atoms with Gasteiger partial charge in [-0.15, -0.1) is 0 Å². The summed E-state index contributed by atoms with van der Waals surface area (Å²) < 4.78 is 0. The fourth-order valence-electron chi connectivity index (χ4n) is 2.54. The van der Waals surface area contributed by atoms with Crippen LogP contribution in [-0.4, -0.2) is 16.8 Å². The molecule has 1 aromatic heterocycles. The lowest BCUT2D eigenvalue weighted by Gasteiger charge is -2.18. The topological polar surface area (TPSA) is 71.1 Å². The number of benzene rings is 1. The second kappa shape index (κ2) is 7.73. The van der Waals surface area contributed by atoms with Gasteiger partial charge < -0.3 is 10.6 Å². The molecule has 1 atom stereocenters. The highest BCUT2D eigenvalue weighted by Crippen LogP contribution is 2.21. The minimum Gasteiger partial charge on any atom is -0.342 e. The third-order valence-corrected chi connectivity index (χ3v) is 4.06. The summed E-state index contributed by atoms with van der Waals surface area (Å²) in [4.78, 5) is 28.1. The Balaban J connectivity index is 1.96. The van der Waals surface area contributed by atoms with Gasteiger partial charge in [-0.25, -0.2) is 0 Å². The molecule has 1 heterocycles. The molecule has 2 N–H and O–H groups in total. The zero-order valence-corrected chi connectivity index (χ0v) is 14.5. The van der Waals surface area contributed by atoms with Gasteiger partial charge in [0.2, 0.25) is 0 Å². The molecule has 0 aliphatic heterocycles. The van der Waals surface area contributed by atoms with Crippen molar-refractivity contribution in [3.8, 4) is 0 Å². The third-order valence-electron chi connectivity index (χ3n) is 4.06. The SMILES string of the molecule is Cc1cc(C)c([C@H](C)NC(=O)C(=O)NCc2ccccn2)cc1C. The third kappa shape index (κ3) is 4.41. The molecule has 0 fully saturated rings. The second-order valence-electron chi connectivity index (χ2n) is 5.99. The number of nitrogens with one attached hydrogen (secondary N) is 2. The minimum atomic E-state index is -0.658. The van der Waals surface area contributed by atoms with Crippen LogP contribution in [0.4, 0.5) is 0 Å². The van der Waals surface area contributed by atoms with E-state index >= 15 is 0 Å². The molecule has 126 valence electrons. The van der Waals surface area contributed by atoms with E-state index in [2.05, 4.69) is 34.7 Å². The summed E-state index contributed by atoms with van der Waals surface area (Å²) in [6, 6.07) is 9.33. The molecule has 24 heavy (non-hydrogen) atoms. The van der Waals surface area contributed by atoms with E-state index < -0.39 is 11.8 Å². The molecular formula is C19H23N3O2. The van der Waals surface area contributed by atoms with Crippen LogP contribution in [0.2, 0.25) is 0 Å². The smallest absolute Gasteiger partial charge is 0.309 e. The number of carbonyl (C=O) groups is 2. The normalized spacial score (nSPS) is 11.7. The lowest BCUT2D eigenvalue weighted by molar-refractivity contribution is -0.139. The summed E-state index contributed by atoms with van der Waals surface area (Å²) in [7, 11) is 0. The maximum atomic E-state index is 12.1. The maximum absolute atomic E-state index is 12.1. The predicted octanol–water partition coefficient (Wildman–Crippen LogP) is 2.50. The molecule has 0 aliphatic carbocycles. The van der Waals surface area contributed by atoms with Crippen LogP contribution < -0.4 is 10.6 Å². The van der Waals surface area contributed by atoms with Crippen LogP contribution >= 0.6 is 0 Å². The first-order valence-corrected chi connectivity index (χ1v) is 7.95. The molecule has 5 nitrogen and oxygen atoms in total. The van der Waals surface area contributed by atoms with E-state index in [4.69, 9.17) is 0 Å². The molecule has 0 bridgehead atoms. The van der Waals surface area contributed by atoms with Crippen molar-refractivity contribution in [1.29, 1.82) is 0 Å². The summed E-state index contributed by atoms with van der Waals surface area (Å²) in [5.74, 6) is -1.30. The van der Waals surface area contributed by atoms with E-state index in [1.54, 1.807) is 18.3 Å². The van der Waals surface area contributed by atoms with Crippen molar-refractivity contribution in [1.82, 2.24) is 15.6 Å². The van der Waals surface area contributed by atoms with E-state index in [0.717, 1.165) is 16.7 Å². The molecule has 5 heteroatoms. The van der Waals surface area contributed by atoms with E-state index in [-0.39, 0.29) is 12.6 Å². The zero-order valence-electron chi connectivity index (χ0n) is 14.5. The van der Waals surface area contributed by atoms with Gasteiger partial charge in [0, 0.05) is 6.20 Å². The van der Waals surface area contributed by atoms with Gasteiger partial charge in [0.15, 0.2) is 0 Å². The molecule has 2 aromatic rings. The van der Waals surface area contributed by atoms with Crippen molar-refractivity contribution in [2.75, 3.05) is 0 Å². The lowest BCUT2D eigenvalue weighted by Crippen LogP contribution is -2.40. The monoisotopic (exact) mass is 325 g/mol. The Morgan fingerprint density at radius 3 is 2.42 bits per heavy atom. The number of aryl methyl sites for hydroxylation is 3. The van der Waals surface area contributed by atoms with E-state index in [1.165, 1.54) is 5.56 Å². The predicted molar refractivity (Wildman–Crippen MR) is 93.3 cm³/mol. The Labute approximate surface area is 142 Å². The van der Waals surface area contributed by atoms with Crippen LogP contribution in [0.1, 0.15) is 40.9 Å². The van der Waals surface area contributed by atoms with Crippen molar-refractivity contribution in [2.24, 2.45) is 0 Å². The van der Waals surface area contributed by atoms with Gasteiger partial charge in [0.25, 0.3) is 0 Å². The number of hydrogen-bond acceptors (Lipinski definition) is 3. The number of hydrogen-bond donors (Lipinski definition) is 2. The first-order valence-electron chi connectivity index (χ1n) is 7.95. The maximum Gasteiger partial charge on any atom is 0.309 e. The number of amides is 2. The second-order valence-corrected chi connectivity index (χ2v) is 5.99. The number of nitrogens with zero attached hydrogens (tertiary/aromatic N) is 1. The number of carbonyl (C=O) groups excluding carboxylic acids is 2. The quantitative estimate of drug-likeness (QED) is 0.849. The van der Waals surface area contributed by atoms with Crippen LogP contribution in [0.3, 0.4) is 0 Å². The first-order chi connectivity index (χ1) is 11.4. The summed E-state index contributed by atoms with van der Waals surface area (Å²) in [6.45, 7) is 8.20. The summed E-state index contributed by atoms with van der Waals surface area (Å²) in [6.07, 6.45) is 1.64. The average molecular weight is 325 g/mol. The Hall–Kier alpha value is -2.69. The van der Waals surface area contributed by atoms with Gasteiger partial charge in [-0.2, -0.15) is 0 Å². The fourth-order valence-corrected chi connectivity index (χ4v) is 2.54. The largest absolute Gasteiger partial charge is 0.342 e. The molecule has 0 saturated carbocycles. The fraction of sp³-hybridized carbons (Fsp3) is 0.316. The van der Waals surface area contributed by atoms with E-state index in [9.17, 15) is 9.59 Å². The van der Waals surface area contributed by atoms with Crippen molar-refractivity contribution in [3.63, 3.8) is 0 Å². The van der Waals surface area contributed by atoms with Crippen LogP contribution in [0.5, 0.6) is 0 Å². The van der Waals surface area contributed by atoms with Crippen molar-refractivity contribution >= 4 is 11.8 Å². The van der Waals surface area contributed by atoms with E-state index in [1.807, 2.05) is 26.8 Å². The molecule has 0 saturated heterocycles. The van der Waals surface area contributed by atoms with E-state index in [0.29, 0.717) is 5.69 Å². The van der Waals surface area contributed by atoms with Gasteiger partial charge in [-0.3, -0.25) is 14.6 Å². The van der Waals surface area contributed by atoms with Gasteiger partial charge in [0.1, 0.15) is 0 Å². The summed E-state index contributed by atoms with van der Waals surface area (Å²) >= 11 is 0. The molecule has 1 aromatic carbocycles. The first kappa shape index (κ1) is 17.7. The van der Waals surface area contributed by atoms with Crippen molar-refractivity contribution < 1.29 is 9.59 Å². The van der Waals surface area contributed by atoms with Gasteiger partial charge in [-0.1, -0.05) is 18.2 Å². The molecule has 0 spiro atoms. The average Bonchev–Trinajstić information content (AvgIpc) is 2.56. The number of rotatable bonds is 4. The van der Waals surface area contributed by atoms with Gasteiger partial charge in [-0.05, 0) is 62.1 Å².